The molecule has 1 aliphatic rings. The molecule has 1 rings (SSSR count). The molecule has 1 fully saturated rings. The minimum absolute atomic E-state index is 0.279. The van der Waals surface area contributed by atoms with Gasteiger partial charge < -0.3 is 0 Å². The summed E-state index contributed by atoms with van der Waals surface area (Å²) in [5.74, 6) is 4.03. The van der Waals surface area contributed by atoms with E-state index in [1.54, 1.807) is 0 Å². The molecule has 0 spiro atoms. The molecule has 0 aromatic rings. The van der Waals surface area contributed by atoms with Crippen LogP contribution in [0.15, 0.2) is 30.8 Å². The maximum absolute atomic E-state index is 9.59. The molecule has 0 aromatic carbocycles. The molecule has 0 unspecified atom stereocenters. The van der Waals surface area contributed by atoms with E-state index in [0.717, 1.165) is 47.8 Å². The summed E-state index contributed by atoms with van der Waals surface area (Å²) in [6.07, 6.45) is 3.01. The number of hydrogen-bond acceptors (Lipinski definition) is 6. The summed E-state index contributed by atoms with van der Waals surface area (Å²) in [7, 11) is 0. The number of rotatable bonds is 8. The van der Waals surface area contributed by atoms with Crippen molar-refractivity contribution in [2.45, 2.75) is 47.0 Å². The van der Waals surface area contributed by atoms with Gasteiger partial charge in [0.15, 0.2) is 0 Å². The SMILES string of the molecule is CCSC(SCC)=C1CCCC(=C(SCC)SCC)C1=C(C#N)C#N. The number of allylic oxidation sites excluding steroid dienone is 4. The van der Waals surface area contributed by atoms with Gasteiger partial charge in [0.2, 0.25) is 0 Å². The van der Waals surface area contributed by atoms with E-state index in [1.165, 1.54) is 19.6 Å². The second-order valence-corrected chi connectivity index (χ2v) is 10.7. The van der Waals surface area contributed by atoms with E-state index in [9.17, 15) is 10.5 Å². The molecule has 0 amide bonds. The van der Waals surface area contributed by atoms with Crippen LogP contribution in [0, 0.1) is 22.7 Å². The van der Waals surface area contributed by atoms with Crippen LogP contribution in [0.3, 0.4) is 0 Å². The molecule has 6 heteroatoms. The van der Waals surface area contributed by atoms with Gasteiger partial charge in [0, 0.05) is 14.0 Å². The van der Waals surface area contributed by atoms with E-state index < -0.39 is 0 Å². The van der Waals surface area contributed by atoms with Crippen LogP contribution in [-0.4, -0.2) is 23.0 Å². The van der Waals surface area contributed by atoms with Gasteiger partial charge in [-0.1, -0.05) is 27.7 Å². The van der Waals surface area contributed by atoms with Gasteiger partial charge in [0.25, 0.3) is 0 Å². The summed E-state index contributed by atoms with van der Waals surface area (Å²) in [5, 5.41) is 19.2. The van der Waals surface area contributed by atoms with Crippen LogP contribution in [0.1, 0.15) is 47.0 Å². The molecule has 0 heterocycles. The lowest BCUT2D eigenvalue weighted by Gasteiger charge is -2.26. The molecule has 0 atom stereocenters. The smallest absolute Gasteiger partial charge is 0.137 e. The van der Waals surface area contributed by atoms with Gasteiger partial charge in [0.1, 0.15) is 17.7 Å². The fraction of sp³-hybridized carbons (Fsp3) is 0.579. The third kappa shape index (κ3) is 6.36. The van der Waals surface area contributed by atoms with Gasteiger partial charge in [-0.2, -0.15) is 10.5 Å². The number of nitriles is 2. The molecule has 0 saturated heterocycles. The third-order valence-electron chi connectivity index (χ3n) is 3.53. The Labute approximate surface area is 170 Å². The molecule has 25 heavy (non-hydrogen) atoms. The van der Waals surface area contributed by atoms with Crippen LogP contribution in [0.2, 0.25) is 0 Å². The molecule has 1 aliphatic carbocycles. The van der Waals surface area contributed by atoms with Crippen LogP contribution >= 0.6 is 47.0 Å². The maximum Gasteiger partial charge on any atom is 0.137 e. The summed E-state index contributed by atoms with van der Waals surface area (Å²) in [5.41, 5.74) is 3.67. The monoisotopic (exact) mass is 410 g/mol. The van der Waals surface area contributed by atoms with Gasteiger partial charge >= 0.3 is 0 Å². The fourth-order valence-corrected chi connectivity index (χ4v) is 7.32. The van der Waals surface area contributed by atoms with Crippen LogP contribution in [0.25, 0.3) is 0 Å². The summed E-state index contributed by atoms with van der Waals surface area (Å²) >= 11 is 7.37. The van der Waals surface area contributed by atoms with Crippen LogP contribution in [0.5, 0.6) is 0 Å². The van der Waals surface area contributed by atoms with E-state index in [2.05, 4.69) is 39.8 Å². The molecule has 0 N–H and O–H groups in total. The second kappa shape index (κ2) is 12.9. The highest BCUT2D eigenvalue weighted by Crippen LogP contribution is 2.47. The Morgan fingerprint density at radius 1 is 0.760 bits per heavy atom. The van der Waals surface area contributed by atoms with Crippen molar-refractivity contribution < 1.29 is 0 Å². The third-order valence-corrected chi connectivity index (χ3v) is 8.13. The molecular weight excluding hydrogens is 384 g/mol. The maximum atomic E-state index is 9.59. The second-order valence-electron chi connectivity index (χ2n) is 5.09. The van der Waals surface area contributed by atoms with E-state index in [-0.39, 0.29) is 5.57 Å². The zero-order valence-electron chi connectivity index (χ0n) is 15.5. The first-order valence-electron chi connectivity index (χ1n) is 8.70. The lowest BCUT2D eigenvalue weighted by atomic mass is 9.84. The molecule has 0 bridgehead atoms. The Balaban J connectivity index is 3.68. The average Bonchev–Trinajstić information content (AvgIpc) is 2.62. The first kappa shape index (κ1) is 22.6. The minimum Gasteiger partial charge on any atom is -0.192 e. The molecule has 0 aliphatic heterocycles. The molecular formula is C19H26N2S4. The lowest BCUT2D eigenvalue weighted by Crippen LogP contribution is -2.08. The first-order valence-corrected chi connectivity index (χ1v) is 12.6. The first-order chi connectivity index (χ1) is 12.2. The van der Waals surface area contributed by atoms with E-state index >= 15 is 0 Å². The predicted octanol–water partition coefficient (Wildman–Crippen LogP) is 6.95. The van der Waals surface area contributed by atoms with Crippen LogP contribution in [0.4, 0.5) is 0 Å². The highest BCUT2D eigenvalue weighted by atomic mass is 32.2. The highest BCUT2D eigenvalue weighted by molar-refractivity contribution is 8.22. The molecule has 0 radical (unpaired) electrons. The van der Waals surface area contributed by atoms with Crippen molar-refractivity contribution in [2.75, 3.05) is 23.0 Å². The summed E-state index contributed by atoms with van der Waals surface area (Å²) < 4.78 is 2.59. The van der Waals surface area contributed by atoms with Gasteiger partial charge in [-0.15, -0.1) is 47.0 Å². The molecule has 1 saturated carbocycles. The standard InChI is InChI=1S/C19H26N2S4/c1-5-22-18(23-6-2)15-10-9-11-16(17(15)14(12-20)13-21)19(24-7-3)25-8-4/h5-11H2,1-4H3. The topological polar surface area (TPSA) is 47.6 Å². The number of nitrogens with zero attached hydrogens (tertiary/aromatic N) is 2. The van der Waals surface area contributed by atoms with E-state index in [0.29, 0.717) is 0 Å². The zero-order valence-corrected chi connectivity index (χ0v) is 18.7. The highest BCUT2D eigenvalue weighted by Gasteiger charge is 2.27. The predicted molar refractivity (Wildman–Crippen MR) is 119 cm³/mol. The van der Waals surface area contributed by atoms with Crippen molar-refractivity contribution in [3.63, 3.8) is 0 Å². The Hall–Kier alpha value is -0.400. The van der Waals surface area contributed by atoms with Crippen molar-refractivity contribution in [2.24, 2.45) is 0 Å². The van der Waals surface area contributed by atoms with Crippen molar-refractivity contribution in [1.82, 2.24) is 0 Å². The number of thioether (sulfide) groups is 4. The zero-order chi connectivity index (χ0) is 18.7. The largest absolute Gasteiger partial charge is 0.192 e. The van der Waals surface area contributed by atoms with Crippen LogP contribution in [-0.2, 0) is 0 Å². The Bertz CT molecular complexity index is 565. The fourth-order valence-electron chi connectivity index (χ4n) is 2.68. The lowest BCUT2D eigenvalue weighted by molar-refractivity contribution is 0.772. The Morgan fingerprint density at radius 3 is 1.40 bits per heavy atom. The Morgan fingerprint density at radius 2 is 1.12 bits per heavy atom. The van der Waals surface area contributed by atoms with Crippen molar-refractivity contribution in [3.05, 3.63) is 30.8 Å². The molecule has 2 nitrogen and oxygen atoms in total. The van der Waals surface area contributed by atoms with Crippen molar-refractivity contribution >= 4 is 47.0 Å². The van der Waals surface area contributed by atoms with Gasteiger partial charge in [-0.3, -0.25) is 0 Å². The van der Waals surface area contributed by atoms with E-state index in [4.69, 9.17) is 0 Å². The Kier molecular flexibility index (Phi) is 11.7. The summed E-state index contributed by atoms with van der Waals surface area (Å²) in [6.45, 7) is 8.63. The summed E-state index contributed by atoms with van der Waals surface area (Å²) in [4.78, 5) is 0. The normalized spacial score (nSPS) is 14.1. The van der Waals surface area contributed by atoms with Crippen LogP contribution < -0.4 is 0 Å². The van der Waals surface area contributed by atoms with Gasteiger partial charge in [-0.25, -0.2) is 0 Å². The van der Waals surface area contributed by atoms with Gasteiger partial charge in [0.05, 0.1) is 0 Å². The van der Waals surface area contributed by atoms with Gasteiger partial charge in [-0.05, 0) is 53.4 Å². The quantitative estimate of drug-likeness (QED) is 0.403. The summed E-state index contributed by atoms with van der Waals surface area (Å²) in [6, 6.07) is 4.35. The van der Waals surface area contributed by atoms with Crippen molar-refractivity contribution in [3.8, 4) is 12.1 Å². The van der Waals surface area contributed by atoms with Crippen molar-refractivity contribution in [1.29, 1.82) is 10.5 Å². The van der Waals surface area contributed by atoms with E-state index in [1.807, 2.05) is 47.0 Å². The molecule has 136 valence electrons. The average molecular weight is 411 g/mol. The minimum atomic E-state index is 0.279. The molecule has 0 aromatic heterocycles. The number of hydrogen-bond donors (Lipinski definition) is 0.